The molecule has 0 saturated heterocycles. The molecule has 0 bridgehead atoms. The maximum absolute atomic E-state index is 12.5. The maximum atomic E-state index is 12.5. The van der Waals surface area contributed by atoms with Gasteiger partial charge in [0.25, 0.3) is 5.56 Å². The number of aromatic nitrogens is 2. The van der Waals surface area contributed by atoms with E-state index in [1.165, 1.54) is 0 Å². The van der Waals surface area contributed by atoms with Crippen LogP contribution in [-0.4, -0.2) is 22.5 Å². The summed E-state index contributed by atoms with van der Waals surface area (Å²) < 4.78 is 5.16. The summed E-state index contributed by atoms with van der Waals surface area (Å²) in [6, 6.07) is 9.17. The molecule has 2 aromatic rings. The molecule has 124 valence electrons. The minimum absolute atomic E-state index is 0.228. The van der Waals surface area contributed by atoms with Crippen LogP contribution in [0.5, 0.6) is 0 Å². The maximum Gasteiger partial charge on any atom is 0.336 e. The predicted octanol–water partition coefficient (Wildman–Crippen LogP) is 1.46. The molecule has 1 aromatic carbocycles. The number of nitrogens with one attached hydrogen (secondary N) is 3. The van der Waals surface area contributed by atoms with Crippen molar-refractivity contribution in [1.29, 1.82) is 0 Å². The van der Waals surface area contributed by atoms with Crippen molar-refractivity contribution in [3.8, 4) is 0 Å². The lowest BCUT2D eigenvalue weighted by molar-refractivity contribution is -0.138. The van der Waals surface area contributed by atoms with Crippen LogP contribution in [0.15, 0.2) is 51.2 Å². The van der Waals surface area contributed by atoms with Crippen LogP contribution in [0.2, 0.25) is 0 Å². The summed E-state index contributed by atoms with van der Waals surface area (Å²) in [5, 5.41) is 2.93. The van der Waals surface area contributed by atoms with Crippen LogP contribution in [0.25, 0.3) is 0 Å². The fourth-order valence-corrected chi connectivity index (χ4v) is 2.94. The first-order valence-electron chi connectivity index (χ1n) is 7.59. The Bertz CT molecular complexity index is 925. The molecule has 1 aliphatic rings. The van der Waals surface area contributed by atoms with Crippen LogP contribution in [0.3, 0.4) is 0 Å². The monoisotopic (exact) mass is 327 g/mol. The lowest BCUT2D eigenvalue weighted by Crippen LogP contribution is -2.34. The van der Waals surface area contributed by atoms with Gasteiger partial charge in [0.05, 0.1) is 23.7 Å². The van der Waals surface area contributed by atoms with E-state index in [1.54, 1.807) is 13.8 Å². The van der Waals surface area contributed by atoms with E-state index in [9.17, 15) is 14.4 Å². The molecule has 3 rings (SSSR count). The Morgan fingerprint density at radius 1 is 1.17 bits per heavy atom. The van der Waals surface area contributed by atoms with Crippen LogP contribution in [0, 0.1) is 0 Å². The molecule has 1 atom stereocenters. The van der Waals surface area contributed by atoms with Gasteiger partial charge in [-0.25, -0.2) is 9.59 Å². The standard InChI is InChI=1S/C17H17N3O4/c1-3-24-16(22)11-9(2)18-14-13(15(21)20-17(23)19-14)12(11)10-7-5-4-6-8-10/h4-8,12H,3H2,1-2H3,(H3,18,19,20,21,23)/t12-/m1/s1. The first kappa shape index (κ1) is 15.8. The van der Waals surface area contributed by atoms with E-state index >= 15 is 0 Å². The molecule has 0 radical (unpaired) electrons. The zero-order chi connectivity index (χ0) is 17.3. The third-order valence-corrected chi connectivity index (χ3v) is 3.90. The average Bonchev–Trinajstić information content (AvgIpc) is 2.54. The van der Waals surface area contributed by atoms with Crippen molar-refractivity contribution >= 4 is 11.8 Å². The van der Waals surface area contributed by atoms with Crippen LogP contribution in [0.4, 0.5) is 5.82 Å². The number of esters is 1. The van der Waals surface area contributed by atoms with Crippen molar-refractivity contribution in [2.24, 2.45) is 0 Å². The molecule has 0 unspecified atom stereocenters. The molecule has 3 N–H and O–H groups in total. The molecule has 0 fully saturated rings. The number of aromatic amines is 2. The van der Waals surface area contributed by atoms with Gasteiger partial charge in [-0.1, -0.05) is 30.3 Å². The van der Waals surface area contributed by atoms with Gasteiger partial charge in [0.2, 0.25) is 0 Å². The Balaban J connectivity index is 2.28. The smallest absolute Gasteiger partial charge is 0.336 e. The van der Waals surface area contributed by atoms with Crippen molar-refractivity contribution in [3.63, 3.8) is 0 Å². The number of carbonyl (C=O) groups is 1. The molecule has 24 heavy (non-hydrogen) atoms. The number of fused-ring (bicyclic) bond motifs is 1. The van der Waals surface area contributed by atoms with Gasteiger partial charge in [0.1, 0.15) is 5.82 Å². The quantitative estimate of drug-likeness (QED) is 0.740. The molecule has 7 nitrogen and oxygen atoms in total. The van der Waals surface area contributed by atoms with Gasteiger partial charge >= 0.3 is 11.7 Å². The minimum Gasteiger partial charge on any atom is -0.463 e. The van der Waals surface area contributed by atoms with Crippen LogP contribution >= 0.6 is 0 Å². The first-order chi connectivity index (χ1) is 11.5. The van der Waals surface area contributed by atoms with Crippen molar-refractivity contribution in [1.82, 2.24) is 9.97 Å². The Kier molecular flexibility index (Phi) is 4.07. The average molecular weight is 327 g/mol. The molecule has 0 aliphatic carbocycles. The Morgan fingerprint density at radius 3 is 2.54 bits per heavy atom. The number of anilines is 1. The fourth-order valence-electron chi connectivity index (χ4n) is 2.94. The molecular weight excluding hydrogens is 310 g/mol. The Hall–Kier alpha value is -3.09. The summed E-state index contributed by atoms with van der Waals surface area (Å²) in [5.74, 6) is -0.821. The number of rotatable bonds is 3. The second kappa shape index (κ2) is 6.19. The molecule has 0 saturated carbocycles. The number of H-pyrrole nitrogens is 2. The number of benzene rings is 1. The van der Waals surface area contributed by atoms with E-state index in [1.807, 2.05) is 30.3 Å². The van der Waals surface area contributed by atoms with E-state index in [-0.39, 0.29) is 12.2 Å². The van der Waals surface area contributed by atoms with Crippen molar-refractivity contribution in [2.45, 2.75) is 19.8 Å². The molecule has 0 amide bonds. The number of carbonyl (C=O) groups excluding carboxylic acids is 1. The van der Waals surface area contributed by atoms with Crippen molar-refractivity contribution < 1.29 is 9.53 Å². The SMILES string of the molecule is CCOC(=O)C1=C(C)Nc2[nH]c(=O)[nH]c(=O)c2[C@@H]1c1ccccc1. The van der Waals surface area contributed by atoms with Gasteiger partial charge in [-0.2, -0.15) is 0 Å². The second-order valence-corrected chi connectivity index (χ2v) is 5.42. The van der Waals surface area contributed by atoms with Crippen molar-refractivity contribution in [3.05, 3.63) is 73.6 Å². The summed E-state index contributed by atoms with van der Waals surface area (Å²) in [6.07, 6.45) is 0. The second-order valence-electron chi connectivity index (χ2n) is 5.42. The zero-order valence-electron chi connectivity index (χ0n) is 13.3. The van der Waals surface area contributed by atoms with E-state index in [4.69, 9.17) is 4.74 Å². The molecule has 0 spiro atoms. The predicted molar refractivity (Wildman–Crippen MR) is 88.9 cm³/mol. The van der Waals surface area contributed by atoms with E-state index in [0.29, 0.717) is 17.1 Å². The van der Waals surface area contributed by atoms with Gasteiger partial charge < -0.3 is 10.1 Å². The van der Waals surface area contributed by atoms with Gasteiger partial charge in [0, 0.05) is 5.70 Å². The van der Waals surface area contributed by atoms with E-state index < -0.39 is 23.1 Å². The highest BCUT2D eigenvalue weighted by Gasteiger charge is 2.35. The summed E-state index contributed by atoms with van der Waals surface area (Å²) in [4.78, 5) is 41.3. The van der Waals surface area contributed by atoms with Gasteiger partial charge in [0.15, 0.2) is 0 Å². The van der Waals surface area contributed by atoms with Gasteiger partial charge in [-0.3, -0.25) is 14.8 Å². The topological polar surface area (TPSA) is 104 Å². The van der Waals surface area contributed by atoms with Crippen LogP contribution in [-0.2, 0) is 9.53 Å². The third-order valence-electron chi connectivity index (χ3n) is 3.90. The van der Waals surface area contributed by atoms with Crippen LogP contribution < -0.4 is 16.6 Å². The number of allylic oxidation sites excluding steroid dienone is 1. The van der Waals surface area contributed by atoms with Crippen LogP contribution in [0.1, 0.15) is 30.9 Å². The number of hydrogen-bond acceptors (Lipinski definition) is 5. The highest BCUT2D eigenvalue weighted by molar-refractivity contribution is 5.94. The highest BCUT2D eigenvalue weighted by Crippen LogP contribution is 2.38. The fraction of sp³-hybridized carbons (Fsp3) is 0.235. The molecule has 7 heteroatoms. The lowest BCUT2D eigenvalue weighted by atomic mass is 9.82. The summed E-state index contributed by atoms with van der Waals surface area (Å²) in [5.41, 5.74) is 0.800. The van der Waals surface area contributed by atoms with E-state index in [0.717, 1.165) is 5.56 Å². The van der Waals surface area contributed by atoms with Gasteiger partial charge in [-0.05, 0) is 19.4 Å². The minimum atomic E-state index is -0.623. The third kappa shape index (κ3) is 2.64. The molecule has 1 aliphatic heterocycles. The van der Waals surface area contributed by atoms with Crippen molar-refractivity contribution in [2.75, 3.05) is 11.9 Å². The zero-order valence-corrected chi connectivity index (χ0v) is 13.3. The van der Waals surface area contributed by atoms with Gasteiger partial charge in [-0.15, -0.1) is 0 Å². The first-order valence-corrected chi connectivity index (χ1v) is 7.59. The summed E-state index contributed by atoms with van der Waals surface area (Å²) in [7, 11) is 0. The summed E-state index contributed by atoms with van der Waals surface area (Å²) >= 11 is 0. The largest absolute Gasteiger partial charge is 0.463 e. The Labute approximate surface area is 137 Å². The highest BCUT2D eigenvalue weighted by atomic mass is 16.5. The molecule has 1 aromatic heterocycles. The summed E-state index contributed by atoms with van der Waals surface area (Å²) in [6.45, 7) is 3.66. The lowest BCUT2D eigenvalue weighted by Gasteiger charge is -2.28. The Morgan fingerprint density at radius 2 is 1.88 bits per heavy atom. The molecule has 2 heterocycles. The number of ether oxygens (including phenoxy) is 1. The number of hydrogen-bond donors (Lipinski definition) is 3. The van der Waals surface area contributed by atoms with E-state index in [2.05, 4.69) is 15.3 Å². The molecular formula is C17H17N3O4. The normalized spacial score (nSPS) is 16.3.